The van der Waals surface area contributed by atoms with Crippen LogP contribution < -0.4 is 5.43 Å². The van der Waals surface area contributed by atoms with Crippen LogP contribution in [0, 0.1) is 11.6 Å². The molecule has 4 rings (SSSR count). The molecule has 0 bridgehead atoms. The van der Waals surface area contributed by atoms with Gasteiger partial charge in [0.15, 0.2) is 11.6 Å². The number of imidazole rings is 1. The molecule has 2 aromatic heterocycles. The zero-order chi connectivity index (χ0) is 15.6. The van der Waals surface area contributed by atoms with Crippen molar-refractivity contribution in [3.8, 4) is 0 Å². The topological polar surface area (TPSA) is 88.0 Å². The van der Waals surface area contributed by atoms with E-state index in [9.17, 15) is 23.5 Å². The van der Waals surface area contributed by atoms with Gasteiger partial charge in [0.25, 0.3) is 0 Å². The number of aromatic amines is 1. The van der Waals surface area contributed by atoms with Gasteiger partial charge in [-0.15, -0.1) is 0 Å². The molecule has 1 saturated carbocycles. The lowest BCUT2D eigenvalue weighted by molar-refractivity contribution is 0.0695. The first-order valence-electron chi connectivity index (χ1n) is 6.63. The second-order valence-electron chi connectivity index (χ2n) is 5.29. The molecule has 0 amide bonds. The molecule has 0 spiro atoms. The molecular formula is C14H9F2N3O3. The van der Waals surface area contributed by atoms with Crippen molar-refractivity contribution in [3.05, 3.63) is 39.9 Å². The second-order valence-corrected chi connectivity index (χ2v) is 5.29. The lowest BCUT2D eigenvalue weighted by atomic mass is 10.1. The molecule has 22 heavy (non-hydrogen) atoms. The summed E-state index contributed by atoms with van der Waals surface area (Å²) >= 11 is 0. The second kappa shape index (κ2) is 4.12. The summed E-state index contributed by atoms with van der Waals surface area (Å²) in [4.78, 5) is 30.0. The maximum atomic E-state index is 14.4. The number of nitrogens with one attached hydrogen (secondary N) is 1. The van der Waals surface area contributed by atoms with Gasteiger partial charge in [-0.1, -0.05) is 0 Å². The number of carboxylic acids is 1. The van der Waals surface area contributed by atoms with Gasteiger partial charge in [0, 0.05) is 12.2 Å². The summed E-state index contributed by atoms with van der Waals surface area (Å²) in [7, 11) is 0. The van der Waals surface area contributed by atoms with Crippen LogP contribution in [-0.4, -0.2) is 25.6 Å². The third-order valence-corrected chi connectivity index (χ3v) is 3.90. The quantitative estimate of drug-likeness (QED) is 0.759. The van der Waals surface area contributed by atoms with Crippen molar-refractivity contribution in [3.63, 3.8) is 0 Å². The van der Waals surface area contributed by atoms with E-state index in [0.29, 0.717) is 0 Å². The molecule has 0 unspecified atom stereocenters. The predicted molar refractivity (Wildman–Crippen MR) is 73.0 cm³/mol. The van der Waals surface area contributed by atoms with E-state index in [1.54, 1.807) is 0 Å². The normalized spacial score (nSPS) is 14.8. The molecule has 0 saturated heterocycles. The molecule has 6 nitrogen and oxygen atoms in total. The number of carbonyl (C=O) groups is 1. The average molecular weight is 305 g/mol. The van der Waals surface area contributed by atoms with Crippen LogP contribution in [0.4, 0.5) is 8.78 Å². The first-order valence-corrected chi connectivity index (χ1v) is 6.63. The third kappa shape index (κ3) is 1.54. The molecule has 8 heteroatoms. The van der Waals surface area contributed by atoms with E-state index in [1.807, 2.05) is 0 Å². The number of halogens is 2. The Morgan fingerprint density at radius 3 is 2.73 bits per heavy atom. The third-order valence-electron chi connectivity index (χ3n) is 3.90. The molecule has 1 aliphatic carbocycles. The van der Waals surface area contributed by atoms with Crippen LogP contribution in [0.15, 0.2) is 17.3 Å². The van der Waals surface area contributed by atoms with E-state index in [1.165, 1.54) is 4.57 Å². The maximum absolute atomic E-state index is 14.4. The Kier molecular flexibility index (Phi) is 2.42. The minimum atomic E-state index is -1.40. The molecule has 2 N–H and O–H groups in total. The summed E-state index contributed by atoms with van der Waals surface area (Å²) in [5, 5.41) is 9.01. The van der Waals surface area contributed by atoms with Gasteiger partial charge in [-0.25, -0.2) is 18.6 Å². The monoisotopic (exact) mass is 305 g/mol. The number of rotatable bonds is 2. The molecule has 2 heterocycles. The van der Waals surface area contributed by atoms with Gasteiger partial charge in [0.2, 0.25) is 5.43 Å². The van der Waals surface area contributed by atoms with Gasteiger partial charge in [-0.05, 0) is 12.8 Å². The number of nitrogens with zero attached hydrogens (tertiary/aromatic N) is 2. The van der Waals surface area contributed by atoms with Crippen LogP contribution in [0.3, 0.4) is 0 Å². The zero-order valence-electron chi connectivity index (χ0n) is 11.1. The number of aromatic carboxylic acids is 1. The smallest absolute Gasteiger partial charge is 0.341 e. The minimum absolute atomic E-state index is 0.0106. The van der Waals surface area contributed by atoms with Gasteiger partial charge < -0.3 is 14.7 Å². The van der Waals surface area contributed by atoms with E-state index >= 15 is 0 Å². The molecule has 0 atom stereocenters. The highest BCUT2D eigenvalue weighted by molar-refractivity contribution is 6.05. The first-order chi connectivity index (χ1) is 10.5. The molecule has 1 fully saturated rings. The Morgan fingerprint density at radius 2 is 2.09 bits per heavy atom. The number of benzene rings is 1. The minimum Gasteiger partial charge on any atom is -0.477 e. The van der Waals surface area contributed by atoms with E-state index in [0.717, 1.165) is 25.4 Å². The maximum Gasteiger partial charge on any atom is 0.341 e. The van der Waals surface area contributed by atoms with Crippen LogP contribution >= 0.6 is 0 Å². The summed E-state index contributed by atoms with van der Waals surface area (Å²) in [6, 6.07) is -0.129. The van der Waals surface area contributed by atoms with Crippen molar-refractivity contribution >= 4 is 27.9 Å². The SMILES string of the molecule is O=C(O)c1cn(C2CC2)c2c(F)c(F)c3nc[nH]c3c2c1=O. The van der Waals surface area contributed by atoms with E-state index < -0.39 is 28.6 Å². The number of pyridine rings is 1. The zero-order valence-corrected chi connectivity index (χ0v) is 11.1. The van der Waals surface area contributed by atoms with Crippen LogP contribution in [0.5, 0.6) is 0 Å². The summed E-state index contributed by atoms with van der Waals surface area (Å²) in [6.45, 7) is 0. The predicted octanol–water partition coefficient (Wildman–Crippen LogP) is 2.19. The van der Waals surface area contributed by atoms with Crippen LogP contribution in [0.25, 0.3) is 21.9 Å². The standard InChI is InChI=1S/C14H9F2N3O3/c15-8-9(16)12-7(10-11(8)18-4-17-10)13(20)6(14(21)22)3-19(12)5-1-2-5/h3-5H,1-2H2,(H,17,18)(H,21,22). The highest BCUT2D eigenvalue weighted by Crippen LogP contribution is 2.39. The molecular weight excluding hydrogens is 296 g/mol. The number of hydrogen-bond acceptors (Lipinski definition) is 3. The Hall–Kier alpha value is -2.77. The van der Waals surface area contributed by atoms with Crippen LogP contribution in [0.2, 0.25) is 0 Å². The van der Waals surface area contributed by atoms with Crippen molar-refractivity contribution in [2.24, 2.45) is 0 Å². The average Bonchev–Trinajstić information content (AvgIpc) is 3.20. The van der Waals surface area contributed by atoms with E-state index in [-0.39, 0.29) is 28.0 Å². The Morgan fingerprint density at radius 1 is 1.36 bits per heavy atom. The summed E-state index contributed by atoms with van der Waals surface area (Å²) in [6.07, 6.45) is 3.68. The largest absolute Gasteiger partial charge is 0.477 e. The van der Waals surface area contributed by atoms with Crippen LogP contribution in [0.1, 0.15) is 29.2 Å². The first kappa shape index (κ1) is 12.9. The Balaban J connectivity index is 2.33. The molecule has 1 aliphatic rings. The van der Waals surface area contributed by atoms with Gasteiger partial charge in [-0.2, -0.15) is 0 Å². The molecule has 3 aromatic rings. The Labute approximate surface area is 121 Å². The van der Waals surface area contributed by atoms with Crippen molar-refractivity contribution in [2.75, 3.05) is 0 Å². The fourth-order valence-electron chi connectivity index (χ4n) is 2.74. The number of carboxylic acid groups (broad SMARTS) is 1. The lowest BCUT2D eigenvalue weighted by Gasteiger charge is -2.13. The van der Waals surface area contributed by atoms with Gasteiger partial charge >= 0.3 is 5.97 Å². The van der Waals surface area contributed by atoms with Crippen molar-refractivity contribution in [1.82, 2.24) is 14.5 Å². The molecule has 1 aromatic carbocycles. The summed E-state index contributed by atoms with van der Waals surface area (Å²) < 4.78 is 29.9. The number of aromatic nitrogens is 3. The highest BCUT2D eigenvalue weighted by Gasteiger charge is 2.30. The van der Waals surface area contributed by atoms with Crippen molar-refractivity contribution in [2.45, 2.75) is 18.9 Å². The van der Waals surface area contributed by atoms with E-state index in [4.69, 9.17) is 0 Å². The number of fused-ring (bicyclic) bond motifs is 3. The molecule has 0 radical (unpaired) electrons. The molecule has 112 valence electrons. The fourth-order valence-corrected chi connectivity index (χ4v) is 2.74. The molecule has 0 aliphatic heterocycles. The highest BCUT2D eigenvalue weighted by atomic mass is 19.2. The van der Waals surface area contributed by atoms with Gasteiger partial charge in [0.05, 0.1) is 22.7 Å². The van der Waals surface area contributed by atoms with Crippen molar-refractivity contribution in [1.29, 1.82) is 0 Å². The van der Waals surface area contributed by atoms with Gasteiger partial charge in [-0.3, -0.25) is 4.79 Å². The summed E-state index contributed by atoms with van der Waals surface area (Å²) in [5.74, 6) is -3.74. The lowest BCUT2D eigenvalue weighted by Crippen LogP contribution is -2.20. The Bertz CT molecular complexity index is 1020. The van der Waals surface area contributed by atoms with Crippen molar-refractivity contribution < 1.29 is 18.7 Å². The number of H-pyrrole nitrogens is 1. The number of hydrogen-bond donors (Lipinski definition) is 2. The fraction of sp³-hybridized carbons (Fsp3) is 0.214. The van der Waals surface area contributed by atoms with E-state index in [2.05, 4.69) is 9.97 Å². The van der Waals surface area contributed by atoms with Crippen LogP contribution in [-0.2, 0) is 0 Å². The van der Waals surface area contributed by atoms with Gasteiger partial charge in [0.1, 0.15) is 11.1 Å². The summed E-state index contributed by atoms with van der Waals surface area (Å²) in [5.41, 5.74) is -1.84.